The lowest BCUT2D eigenvalue weighted by atomic mass is 9.97. The minimum atomic E-state index is -3.47. The zero-order chi connectivity index (χ0) is 18.8. The molecule has 3 rings (SSSR count). The van der Waals surface area contributed by atoms with Crippen molar-refractivity contribution in [3.05, 3.63) is 29.8 Å². The number of sulfonamides is 1. The number of carboxylic acids is 1. The van der Waals surface area contributed by atoms with Gasteiger partial charge in [-0.05, 0) is 49.8 Å². The Labute approximate surface area is 153 Å². The summed E-state index contributed by atoms with van der Waals surface area (Å²) in [6.07, 6.45) is 4.89. The van der Waals surface area contributed by atoms with E-state index in [1.54, 1.807) is 12.1 Å². The van der Waals surface area contributed by atoms with E-state index >= 15 is 0 Å². The monoisotopic (exact) mass is 380 g/mol. The summed E-state index contributed by atoms with van der Waals surface area (Å²) in [6, 6.07) is 6.51. The number of carbonyl (C=O) groups is 2. The fourth-order valence-electron chi connectivity index (χ4n) is 3.28. The highest BCUT2D eigenvalue weighted by atomic mass is 32.2. The van der Waals surface area contributed by atoms with Crippen molar-refractivity contribution in [1.29, 1.82) is 0 Å². The molecule has 0 unspecified atom stereocenters. The van der Waals surface area contributed by atoms with E-state index in [0.717, 1.165) is 31.2 Å². The summed E-state index contributed by atoms with van der Waals surface area (Å²) in [5.74, 6) is -1.26. The van der Waals surface area contributed by atoms with E-state index in [4.69, 9.17) is 0 Å². The predicted molar refractivity (Wildman–Crippen MR) is 95.1 cm³/mol. The van der Waals surface area contributed by atoms with Gasteiger partial charge in [0.1, 0.15) is 5.54 Å². The molecule has 0 aromatic heterocycles. The van der Waals surface area contributed by atoms with Crippen LogP contribution in [0.1, 0.15) is 50.5 Å². The van der Waals surface area contributed by atoms with Crippen LogP contribution in [0, 0.1) is 0 Å². The molecule has 0 radical (unpaired) electrons. The van der Waals surface area contributed by atoms with Crippen molar-refractivity contribution < 1.29 is 23.1 Å². The highest BCUT2D eigenvalue weighted by Crippen LogP contribution is 2.30. The van der Waals surface area contributed by atoms with E-state index in [2.05, 4.69) is 10.0 Å². The van der Waals surface area contributed by atoms with Crippen molar-refractivity contribution in [3.63, 3.8) is 0 Å². The molecule has 2 fully saturated rings. The Kier molecular flexibility index (Phi) is 5.34. The molecule has 1 aromatic rings. The first-order valence-corrected chi connectivity index (χ1v) is 10.4. The van der Waals surface area contributed by atoms with Gasteiger partial charge in [-0.3, -0.25) is 4.79 Å². The molecule has 0 spiro atoms. The van der Waals surface area contributed by atoms with E-state index in [1.165, 1.54) is 12.1 Å². The van der Waals surface area contributed by atoms with Gasteiger partial charge in [-0.25, -0.2) is 17.9 Å². The standard InChI is InChI=1S/C18H24N2O5S/c21-16(19-18(17(22)23)11-1-2-12-18)10-5-13-3-8-15(9-4-13)26(24,25)20-14-6-7-14/h3-4,8-9,14,20H,1-2,5-7,10-12H2,(H,19,21)(H,22,23). The van der Waals surface area contributed by atoms with Crippen molar-refractivity contribution in [2.75, 3.05) is 0 Å². The first-order chi connectivity index (χ1) is 12.3. The number of hydrogen-bond donors (Lipinski definition) is 3. The summed E-state index contributed by atoms with van der Waals surface area (Å²) in [5, 5.41) is 12.1. The maximum absolute atomic E-state index is 12.2. The third kappa shape index (κ3) is 4.42. The van der Waals surface area contributed by atoms with Gasteiger partial charge in [0.05, 0.1) is 4.90 Å². The van der Waals surface area contributed by atoms with Crippen molar-refractivity contribution in [2.24, 2.45) is 0 Å². The normalized spacial score (nSPS) is 19.2. The fourth-order valence-corrected chi connectivity index (χ4v) is 4.59. The lowest BCUT2D eigenvalue weighted by Crippen LogP contribution is -2.52. The minimum Gasteiger partial charge on any atom is -0.480 e. The van der Waals surface area contributed by atoms with E-state index in [9.17, 15) is 23.1 Å². The van der Waals surface area contributed by atoms with Crippen LogP contribution in [-0.2, 0) is 26.0 Å². The maximum Gasteiger partial charge on any atom is 0.329 e. The second-order valence-corrected chi connectivity index (χ2v) is 8.90. The molecule has 0 atom stereocenters. The third-order valence-corrected chi connectivity index (χ3v) is 6.56. The zero-order valence-electron chi connectivity index (χ0n) is 14.5. The molecule has 0 bridgehead atoms. The number of carbonyl (C=O) groups excluding carboxylic acids is 1. The molecule has 0 saturated heterocycles. The molecule has 142 valence electrons. The van der Waals surface area contributed by atoms with Gasteiger partial charge < -0.3 is 10.4 Å². The summed E-state index contributed by atoms with van der Waals surface area (Å²) >= 11 is 0. The van der Waals surface area contributed by atoms with Crippen molar-refractivity contribution in [2.45, 2.75) is 67.8 Å². The van der Waals surface area contributed by atoms with Crippen LogP contribution in [0.25, 0.3) is 0 Å². The molecule has 26 heavy (non-hydrogen) atoms. The Morgan fingerprint density at radius 3 is 2.27 bits per heavy atom. The second kappa shape index (κ2) is 7.36. The molecule has 2 saturated carbocycles. The summed E-state index contributed by atoms with van der Waals surface area (Å²) in [5.41, 5.74) is -0.287. The van der Waals surface area contributed by atoms with Gasteiger partial charge in [0, 0.05) is 12.5 Å². The Bertz CT molecular complexity index is 778. The van der Waals surface area contributed by atoms with Crippen LogP contribution in [0.5, 0.6) is 0 Å². The minimum absolute atomic E-state index is 0.0560. The number of amides is 1. The number of benzene rings is 1. The van der Waals surface area contributed by atoms with Crippen LogP contribution >= 0.6 is 0 Å². The molecule has 8 heteroatoms. The first-order valence-electron chi connectivity index (χ1n) is 8.96. The first kappa shape index (κ1) is 18.8. The van der Waals surface area contributed by atoms with Gasteiger partial charge in [0.2, 0.25) is 15.9 Å². The van der Waals surface area contributed by atoms with E-state index in [-0.39, 0.29) is 23.3 Å². The number of hydrogen-bond acceptors (Lipinski definition) is 4. The van der Waals surface area contributed by atoms with Crippen molar-refractivity contribution in [3.8, 4) is 0 Å². The molecular weight excluding hydrogens is 356 g/mol. The lowest BCUT2D eigenvalue weighted by molar-refractivity contribution is -0.147. The smallest absolute Gasteiger partial charge is 0.329 e. The predicted octanol–water partition coefficient (Wildman–Crippen LogP) is 1.57. The number of aryl methyl sites for hydroxylation is 1. The quantitative estimate of drug-likeness (QED) is 0.634. The molecule has 1 amide bonds. The number of nitrogens with one attached hydrogen (secondary N) is 2. The SMILES string of the molecule is O=C(CCc1ccc(S(=O)(=O)NC2CC2)cc1)NC1(C(=O)O)CCCC1. The van der Waals surface area contributed by atoms with Gasteiger partial charge in [-0.1, -0.05) is 25.0 Å². The van der Waals surface area contributed by atoms with Gasteiger partial charge >= 0.3 is 5.97 Å². The molecule has 7 nitrogen and oxygen atoms in total. The highest BCUT2D eigenvalue weighted by molar-refractivity contribution is 7.89. The number of carboxylic acid groups (broad SMARTS) is 1. The number of aliphatic carboxylic acids is 1. The second-order valence-electron chi connectivity index (χ2n) is 7.18. The average molecular weight is 380 g/mol. The van der Waals surface area contributed by atoms with Crippen LogP contribution in [0.4, 0.5) is 0 Å². The van der Waals surface area contributed by atoms with Crippen molar-refractivity contribution in [1.82, 2.24) is 10.0 Å². The maximum atomic E-state index is 12.2. The van der Waals surface area contributed by atoms with Crippen LogP contribution in [0.15, 0.2) is 29.2 Å². The van der Waals surface area contributed by atoms with Crippen LogP contribution in [0.3, 0.4) is 0 Å². The highest BCUT2D eigenvalue weighted by Gasteiger charge is 2.42. The van der Waals surface area contributed by atoms with Crippen molar-refractivity contribution >= 4 is 21.9 Å². The fraction of sp³-hybridized carbons (Fsp3) is 0.556. The largest absolute Gasteiger partial charge is 0.480 e. The average Bonchev–Trinajstić information content (AvgIpc) is 3.26. The zero-order valence-corrected chi connectivity index (χ0v) is 15.3. The molecular formula is C18H24N2O5S. The van der Waals surface area contributed by atoms with Gasteiger partial charge in [-0.15, -0.1) is 0 Å². The third-order valence-electron chi connectivity index (χ3n) is 5.02. The summed E-state index contributed by atoms with van der Waals surface area (Å²) in [4.78, 5) is 23.8. The molecule has 2 aliphatic rings. The summed E-state index contributed by atoms with van der Waals surface area (Å²) < 4.78 is 26.9. The van der Waals surface area contributed by atoms with E-state index in [1.807, 2.05) is 0 Å². The van der Waals surface area contributed by atoms with Gasteiger partial charge in [0.25, 0.3) is 0 Å². The Balaban J connectivity index is 1.54. The Morgan fingerprint density at radius 2 is 1.73 bits per heavy atom. The van der Waals surface area contributed by atoms with Crippen LogP contribution in [-0.4, -0.2) is 37.0 Å². The topological polar surface area (TPSA) is 113 Å². The summed E-state index contributed by atoms with van der Waals surface area (Å²) in [6.45, 7) is 0. The molecule has 2 aliphatic carbocycles. The van der Waals surface area contributed by atoms with Gasteiger partial charge in [0.15, 0.2) is 0 Å². The van der Waals surface area contributed by atoms with Gasteiger partial charge in [-0.2, -0.15) is 0 Å². The van der Waals surface area contributed by atoms with Crippen LogP contribution in [0.2, 0.25) is 0 Å². The van der Waals surface area contributed by atoms with E-state index in [0.29, 0.717) is 19.3 Å². The molecule has 1 aromatic carbocycles. The molecule has 3 N–H and O–H groups in total. The Hall–Kier alpha value is -1.93. The van der Waals surface area contributed by atoms with Crippen LogP contribution < -0.4 is 10.0 Å². The number of rotatable bonds is 8. The lowest BCUT2D eigenvalue weighted by Gasteiger charge is -2.25. The molecule has 0 aliphatic heterocycles. The Morgan fingerprint density at radius 1 is 1.12 bits per heavy atom. The molecule has 0 heterocycles. The van der Waals surface area contributed by atoms with E-state index < -0.39 is 21.5 Å². The summed E-state index contributed by atoms with van der Waals surface area (Å²) in [7, 11) is -3.47.